The number of aromatic nitrogens is 2. The van der Waals surface area contributed by atoms with E-state index in [1.165, 1.54) is 0 Å². The molecule has 0 fully saturated rings. The number of aliphatic imine (C=N–C) groups is 1. The first-order valence-electron chi connectivity index (χ1n) is 5.49. The molecule has 2 aromatic rings. The molecule has 3 rings (SSSR count). The minimum Gasteiger partial charge on any atom is -0.355 e. The standard InChI is InChI=1S/C12H11ClN4S/c1-2-5-17-11(8-4-3-6-18-8)16-9-10(13)14-7-15-12(9)17/h2-4,6-7,10H,1,5H2,(H,14,15). The van der Waals surface area contributed by atoms with Gasteiger partial charge in [0.1, 0.15) is 11.2 Å². The van der Waals surface area contributed by atoms with Crippen LogP contribution in [0.25, 0.3) is 10.7 Å². The lowest BCUT2D eigenvalue weighted by Crippen LogP contribution is -2.18. The fourth-order valence-corrected chi connectivity index (χ4v) is 2.83. The third-order valence-electron chi connectivity index (χ3n) is 2.67. The molecule has 1 N–H and O–H groups in total. The fourth-order valence-electron chi connectivity index (χ4n) is 1.91. The quantitative estimate of drug-likeness (QED) is 0.532. The molecule has 1 aliphatic heterocycles. The number of fused-ring (bicyclic) bond motifs is 1. The number of hydrogen-bond acceptors (Lipinski definition) is 4. The maximum atomic E-state index is 6.19. The molecule has 1 atom stereocenters. The van der Waals surface area contributed by atoms with Gasteiger partial charge in [0.25, 0.3) is 0 Å². The highest BCUT2D eigenvalue weighted by Crippen LogP contribution is 2.36. The number of halogens is 1. The van der Waals surface area contributed by atoms with Gasteiger partial charge in [0.15, 0.2) is 11.6 Å². The molecule has 0 amide bonds. The van der Waals surface area contributed by atoms with Crippen LogP contribution in [0.4, 0.5) is 5.82 Å². The summed E-state index contributed by atoms with van der Waals surface area (Å²) in [7, 11) is 0. The van der Waals surface area contributed by atoms with Crippen LogP contribution in [0.2, 0.25) is 0 Å². The summed E-state index contributed by atoms with van der Waals surface area (Å²) in [5.41, 5.74) is 0.437. The van der Waals surface area contributed by atoms with Crippen LogP contribution in [0.3, 0.4) is 0 Å². The first-order chi connectivity index (χ1) is 8.81. The van der Waals surface area contributed by atoms with Crippen LogP contribution in [0.5, 0.6) is 0 Å². The second-order valence-corrected chi connectivity index (χ2v) is 5.19. The van der Waals surface area contributed by atoms with E-state index in [1.807, 2.05) is 28.2 Å². The van der Waals surface area contributed by atoms with Gasteiger partial charge in [-0.1, -0.05) is 23.7 Å². The molecule has 18 heavy (non-hydrogen) atoms. The summed E-state index contributed by atoms with van der Waals surface area (Å²) < 4.78 is 2.03. The van der Waals surface area contributed by atoms with Gasteiger partial charge in [-0.3, -0.25) is 0 Å². The summed E-state index contributed by atoms with van der Waals surface area (Å²) >= 11 is 7.84. The van der Waals surface area contributed by atoms with E-state index in [0.29, 0.717) is 6.54 Å². The van der Waals surface area contributed by atoms with Gasteiger partial charge in [-0.25, -0.2) is 9.98 Å². The number of allylic oxidation sites excluding steroid dienone is 1. The van der Waals surface area contributed by atoms with E-state index in [4.69, 9.17) is 11.6 Å². The number of hydrogen-bond donors (Lipinski definition) is 1. The Morgan fingerprint density at radius 3 is 3.22 bits per heavy atom. The molecular formula is C12H11ClN4S. The van der Waals surface area contributed by atoms with Gasteiger partial charge in [-0.2, -0.15) is 0 Å². The highest BCUT2D eigenvalue weighted by Gasteiger charge is 2.24. The average molecular weight is 279 g/mol. The number of nitrogens with zero attached hydrogens (tertiary/aromatic N) is 3. The van der Waals surface area contributed by atoms with Crippen molar-refractivity contribution in [2.24, 2.45) is 4.99 Å². The van der Waals surface area contributed by atoms with Gasteiger partial charge in [0.05, 0.1) is 11.2 Å². The lowest BCUT2D eigenvalue weighted by molar-refractivity contribution is 0.807. The zero-order chi connectivity index (χ0) is 12.5. The van der Waals surface area contributed by atoms with E-state index < -0.39 is 0 Å². The van der Waals surface area contributed by atoms with Crippen LogP contribution in [-0.2, 0) is 6.54 Å². The monoisotopic (exact) mass is 278 g/mol. The minimum atomic E-state index is -0.331. The molecule has 3 heterocycles. The van der Waals surface area contributed by atoms with Gasteiger partial charge >= 0.3 is 0 Å². The lowest BCUT2D eigenvalue weighted by Gasteiger charge is -2.13. The van der Waals surface area contributed by atoms with E-state index >= 15 is 0 Å². The normalized spacial score (nSPS) is 17.3. The van der Waals surface area contributed by atoms with Gasteiger partial charge in [0, 0.05) is 6.54 Å². The van der Waals surface area contributed by atoms with E-state index in [0.717, 1.165) is 22.2 Å². The molecule has 0 radical (unpaired) electrons. The summed E-state index contributed by atoms with van der Waals surface area (Å²) in [6.07, 6.45) is 3.44. The number of imidazole rings is 1. The summed E-state index contributed by atoms with van der Waals surface area (Å²) in [4.78, 5) is 10.0. The molecule has 4 nitrogen and oxygen atoms in total. The molecule has 92 valence electrons. The molecule has 1 aliphatic rings. The fraction of sp³-hybridized carbons (Fsp3) is 0.167. The SMILES string of the molecule is C=CCn1c(-c2cccs2)nc2c1N=CNC2Cl. The maximum absolute atomic E-state index is 6.19. The van der Waals surface area contributed by atoms with Crippen LogP contribution in [0, 0.1) is 0 Å². The van der Waals surface area contributed by atoms with Crippen molar-refractivity contribution in [1.82, 2.24) is 14.9 Å². The molecule has 1 unspecified atom stereocenters. The average Bonchev–Trinajstić information content (AvgIpc) is 2.98. The molecule has 6 heteroatoms. The van der Waals surface area contributed by atoms with Crippen LogP contribution in [0.1, 0.15) is 11.2 Å². The minimum absolute atomic E-state index is 0.331. The van der Waals surface area contributed by atoms with E-state index in [9.17, 15) is 0 Å². The van der Waals surface area contributed by atoms with Crippen LogP contribution in [0.15, 0.2) is 35.2 Å². The lowest BCUT2D eigenvalue weighted by atomic mass is 10.4. The third kappa shape index (κ3) is 1.76. The molecule has 0 spiro atoms. The highest BCUT2D eigenvalue weighted by molar-refractivity contribution is 7.13. The van der Waals surface area contributed by atoms with E-state index in [2.05, 4.69) is 21.9 Å². The van der Waals surface area contributed by atoms with Crippen LogP contribution >= 0.6 is 22.9 Å². The molecule has 0 aliphatic carbocycles. The molecular weight excluding hydrogens is 268 g/mol. The smallest absolute Gasteiger partial charge is 0.161 e. The summed E-state index contributed by atoms with van der Waals surface area (Å²) in [6, 6.07) is 4.05. The highest BCUT2D eigenvalue weighted by atomic mass is 35.5. The summed E-state index contributed by atoms with van der Waals surface area (Å²) in [5, 5.41) is 4.97. The van der Waals surface area contributed by atoms with Gasteiger partial charge in [-0.05, 0) is 11.4 Å². The van der Waals surface area contributed by atoms with Gasteiger partial charge in [-0.15, -0.1) is 17.9 Å². The van der Waals surface area contributed by atoms with Crippen LogP contribution in [-0.4, -0.2) is 15.9 Å². The molecule has 2 aromatic heterocycles. The molecule has 0 bridgehead atoms. The largest absolute Gasteiger partial charge is 0.355 e. The Morgan fingerprint density at radius 2 is 2.50 bits per heavy atom. The molecule has 0 saturated carbocycles. The number of nitrogens with one attached hydrogen (secondary N) is 1. The van der Waals surface area contributed by atoms with Gasteiger partial charge < -0.3 is 9.88 Å². The second-order valence-electron chi connectivity index (χ2n) is 3.81. The van der Waals surface area contributed by atoms with Crippen molar-refractivity contribution in [3.8, 4) is 10.7 Å². The number of thiophene rings is 1. The number of alkyl halides is 1. The van der Waals surface area contributed by atoms with Crippen molar-refractivity contribution >= 4 is 35.1 Å². The Balaban J connectivity index is 2.20. The Hall–Kier alpha value is -1.59. The zero-order valence-corrected chi connectivity index (χ0v) is 11.1. The summed E-state index contributed by atoms with van der Waals surface area (Å²) in [6.45, 7) is 4.44. The van der Waals surface area contributed by atoms with Crippen molar-refractivity contribution in [3.63, 3.8) is 0 Å². The van der Waals surface area contributed by atoms with E-state index in [-0.39, 0.29) is 5.50 Å². The third-order valence-corrected chi connectivity index (χ3v) is 3.87. The molecule has 0 aromatic carbocycles. The van der Waals surface area contributed by atoms with E-state index in [1.54, 1.807) is 17.7 Å². The summed E-state index contributed by atoms with van der Waals surface area (Å²) in [5.74, 6) is 1.69. The van der Waals surface area contributed by atoms with Crippen molar-refractivity contribution in [1.29, 1.82) is 0 Å². The van der Waals surface area contributed by atoms with Crippen LogP contribution < -0.4 is 5.32 Å². The Bertz CT molecular complexity index is 600. The van der Waals surface area contributed by atoms with Crippen molar-refractivity contribution in [2.75, 3.05) is 0 Å². The van der Waals surface area contributed by atoms with Crippen molar-refractivity contribution < 1.29 is 0 Å². The second kappa shape index (κ2) is 4.59. The van der Waals surface area contributed by atoms with Gasteiger partial charge in [0.2, 0.25) is 0 Å². The Kier molecular flexibility index (Phi) is 2.93. The Labute approximate surface area is 114 Å². The number of rotatable bonds is 3. The Morgan fingerprint density at radius 1 is 1.61 bits per heavy atom. The first kappa shape index (κ1) is 11.5. The zero-order valence-electron chi connectivity index (χ0n) is 9.51. The topological polar surface area (TPSA) is 42.2 Å². The van der Waals surface area contributed by atoms with Crippen molar-refractivity contribution in [2.45, 2.75) is 12.0 Å². The maximum Gasteiger partial charge on any atom is 0.161 e. The predicted octanol–water partition coefficient (Wildman–Crippen LogP) is 3.30. The first-order valence-corrected chi connectivity index (χ1v) is 6.80. The molecule has 0 saturated heterocycles. The van der Waals surface area contributed by atoms with Crippen molar-refractivity contribution in [3.05, 3.63) is 35.9 Å². The predicted molar refractivity (Wildman–Crippen MR) is 75.6 cm³/mol.